The van der Waals surface area contributed by atoms with Gasteiger partial charge < -0.3 is 10.6 Å². The molecule has 0 bridgehead atoms. The van der Waals surface area contributed by atoms with Gasteiger partial charge in [-0.2, -0.15) is 0 Å². The summed E-state index contributed by atoms with van der Waals surface area (Å²) in [6.07, 6.45) is 0. The first kappa shape index (κ1) is 20.6. The van der Waals surface area contributed by atoms with Gasteiger partial charge >= 0.3 is 0 Å². The van der Waals surface area contributed by atoms with Crippen molar-refractivity contribution in [2.75, 3.05) is 19.6 Å². The highest BCUT2D eigenvalue weighted by atomic mass is 16.2. The van der Waals surface area contributed by atoms with Crippen molar-refractivity contribution < 1.29 is 9.59 Å². The molecule has 0 aromatic heterocycles. The summed E-state index contributed by atoms with van der Waals surface area (Å²) in [6.45, 7) is 9.65. The molecule has 0 heterocycles. The molecule has 5 heteroatoms. The van der Waals surface area contributed by atoms with Gasteiger partial charge in [-0.15, -0.1) is 0 Å². The molecule has 2 aromatic rings. The first-order valence-electron chi connectivity index (χ1n) is 9.43. The standard InChI is InChI=1S/C22H29N3O2/c1-4-25(5-2)16-19-11-9-18(10-12-19)14-23-21(26)15-24-22(27)20-8-6-7-17(3)13-20/h6-13H,4-5,14-16H2,1-3H3,(H,23,26)(H,24,27). The summed E-state index contributed by atoms with van der Waals surface area (Å²) in [5.41, 5.74) is 3.87. The smallest absolute Gasteiger partial charge is 0.251 e. The van der Waals surface area contributed by atoms with Crippen molar-refractivity contribution in [3.8, 4) is 0 Å². The largest absolute Gasteiger partial charge is 0.350 e. The van der Waals surface area contributed by atoms with Crippen molar-refractivity contribution in [3.63, 3.8) is 0 Å². The van der Waals surface area contributed by atoms with Gasteiger partial charge in [0.1, 0.15) is 0 Å². The fraction of sp³-hybridized carbons (Fsp3) is 0.364. The summed E-state index contributed by atoms with van der Waals surface area (Å²) in [5.74, 6) is -0.446. The fourth-order valence-electron chi connectivity index (χ4n) is 2.78. The van der Waals surface area contributed by atoms with Crippen LogP contribution < -0.4 is 10.6 Å². The van der Waals surface area contributed by atoms with Gasteiger partial charge in [0.2, 0.25) is 5.91 Å². The predicted octanol–water partition coefficient (Wildman–Crippen LogP) is 2.88. The van der Waals surface area contributed by atoms with Crippen LogP contribution in [0.5, 0.6) is 0 Å². The van der Waals surface area contributed by atoms with Gasteiger partial charge in [0.05, 0.1) is 6.54 Å². The Morgan fingerprint density at radius 2 is 1.59 bits per heavy atom. The lowest BCUT2D eigenvalue weighted by atomic mass is 10.1. The number of benzene rings is 2. The molecule has 0 aliphatic carbocycles. The van der Waals surface area contributed by atoms with Crippen LogP contribution >= 0.6 is 0 Å². The molecule has 144 valence electrons. The van der Waals surface area contributed by atoms with Gasteiger partial charge in [0.25, 0.3) is 5.91 Å². The number of carbonyl (C=O) groups excluding carboxylic acids is 2. The molecule has 0 aliphatic heterocycles. The van der Waals surface area contributed by atoms with E-state index < -0.39 is 0 Å². The van der Waals surface area contributed by atoms with Crippen LogP contribution in [0.2, 0.25) is 0 Å². The summed E-state index contributed by atoms with van der Waals surface area (Å²) in [7, 11) is 0. The van der Waals surface area contributed by atoms with E-state index in [0.29, 0.717) is 12.1 Å². The zero-order valence-electron chi connectivity index (χ0n) is 16.4. The van der Waals surface area contributed by atoms with Crippen molar-refractivity contribution in [1.82, 2.24) is 15.5 Å². The lowest BCUT2D eigenvalue weighted by Gasteiger charge is -2.18. The molecule has 27 heavy (non-hydrogen) atoms. The Kier molecular flexibility index (Phi) is 8.01. The molecule has 0 saturated carbocycles. The fourth-order valence-corrected chi connectivity index (χ4v) is 2.78. The molecule has 0 saturated heterocycles. The van der Waals surface area contributed by atoms with Crippen LogP contribution in [0, 0.1) is 6.92 Å². The molecule has 0 aliphatic rings. The first-order valence-corrected chi connectivity index (χ1v) is 9.43. The van der Waals surface area contributed by atoms with Crippen molar-refractivity contribution in [2.24, 2.45) is 0 Å². The molecule has 2 rings (SSSR count). The first-order chi connectivity index (χ1) is 13.0. The van der Waals surface area contributed by atoms with Gasteiger partial charge in [0, 0.05) is 18.7 Å². The summed E-state index contributed by atoms with van der Waals surface area (Å²) >= 11 is 0. The second kappa shape index (κ2) is 10.5. The maximum absolute atomic E-state index is 12.1. The summed E-state index contributed by atoms with van der Waals surface area (Å²) in [4.78, 5) is 26.4. The average Bonchev–Trinajstić information content (AvgIpc) is 2.69. The van der Waals surface area contributed by atoms with Crippen LogP contribution in [-0.4, -0.2) is 36.3 Å². The molecule has 0 radical (unpaired) electrons. The van der Waals surface area contributed by atoms with E-state index in [-0.39, 0.29) is 18.4 Å². The summed E-state index contributed by atoms with van der Waals surface area (Å²) in [6, 6.07) is 15.5. The normalized spacial score (nSPS) is 10.7. The van der Waals surface area contributed by atoms with Gasteiger partial charge in [-0.25, -0.2) is 0 Å². The lowest BCUT2D eigenvalue weighted by molar-refractivity contribution is -0.120. The maximum Gasteiger partial charge on any atom is 0.251 e. The summed E-state index contributed by atoms with van der Waals surface area (Å²) < 4.78 is 0. The third-order valence-electron chi connectivity index (χ3n) is 4.50. The van der Waals surface area contributed by atoms with E-state index in [9.17, 15) is 9.59 Å². The van der Waals surface area contributed by atoms with Crippen LogP contribution in [0.4, 0.5) is 0 Å². The Morgan fingerprint density at radius 3 is 2.22 bits per heavy atom. The minimum Gasteiger partial charge on any atom is -0.350 e. The van der Waals surface area contributed by atoms with E-state index in [2.05, 4.69) is 41.5 Å². The Hall–Kier alpha value is -2.66. The van der Waals surface area contributed by atoms with E-state index in [1.807, 2.05) is 31.2 Å². The third kappa shape index (κ3) is 6.87. The Balaban J connectivity index is 1.76. The Labute approximate surface area is 161 Å². The van der Waals surface area contributed by atoms with E-state index in [4.69, 9.17) is 0 Å². The van der Waals surface area contributed by atoms with Gasteiger partial charge in [-0.1, -0.05) is 55.8 Å². The lowest BCUT2D eigenvalue weighted by Crippen LogP contribution is -2.36. The molecule has 2 N–H and O–H groups in total. The molecular formula is C22H29N3O2. The molecule has 2 amide bonds. The van der Waals surface area contributed by atoms with Crippen molar-refractivity contribution in [2.45, 2.75) is 33.9 Å². The number of nitrogens with one attached hydrogen (secondary N) is 2. The number of carbonyl (C=O) groups is 2. The zero-order valence-corrected chi connectivity index (χ0v) is 16.4. The number of rotatable bonds is 9. The molecule has 0 spiro atoms. The van der Waals surface area contributed by atoms with E-state index in [1.165, 1.54) is 5.56 Å². The molecular weight excluding hydrogens is 338 g/mol. The molecule has 5 nitrogen and oxygen atoms in total. The van der Waals surface area contributed by atoms with Crippen molar-refractivity contribution in [1.29, 1.82) is 0 Å². The van der Waals surface area contributed by atoms with E-state index >= 15 is 0 Å². The predicted molar refractivity (Wildman–Crippen MR) is 108 cm³/mol. The van der Waals surface area contributed by atoms with Gasteiger partial charge in [-0.3, -0.25) is 14.5 Å². The highest BCUT2D eigenvalue weighted by molar-refractivity contribution is 5.96. The average molecular weight is 367 g/mol. The topological polar surface area (TPSA) is 61.4 Å². The highest BCUT2D eigenvalue weighted by Crippen LogP contribution is 2.07. The molecule has 0 unspecified atom stereocenters. The molecule has 0 fully saturated rings. The number of aryl methyl sites for hydroxylation is 1. The monoisotopic (exact) mass is 367 g/mol. The number of hydrogen-bond donors (Lipinski definition) is 2. The number of amides is 2. The second-order valence-corrected chi connectivity index (χ2v) is 6.61. The highest BCUT2D eigenvalue weighted by Gasteiger charge is 2.08. The number of nitrogens with zero attached hydrogens (tertiary/aromatic N) is 1. The third-order valence-corrected chi connectivity index (χ3v) is 4.50. The van der Waals surface area contributed by atoms with Crippen LogP contribution in [0.1, 0.15) is 40.9 Å². The maximum atomic E-state index is 12.1. The summed E-state index contributed by atoms with van der Waals surface area (Å²) in [5, 5.41) is 5.48. The van der Waals surface area contributed by atoms with Crippen LogP contribution in [0.25, 0.3) is 0 Å². The second-order valence-electron chi connectivity index (χ2n) is 6.61. The van der Waals surface area contributed by atoms with Crippen LogP contribution in [0.3, 0.4) is 0 Å². The molecule has 0 atom stereocenters. The minimum absolute atomic E-state index is 0.0349. The van der Waals surface area contributed by atoms with Crippen molar-refractivity contribution in [3.05, 3.63) is 70.8 Å². The number of hydrogen-bond acceptors (Lipinski definition) is 3. The minimum atomic E-state index is -0.241. The molecule has 2 aromatic carbocycles. The quantitative estimate of drug-likeness (QED) is 0.716. The van der Waals surface area contributed by atoms with Gasteiger partial charge in [-0.05, 0) is 43.3 Å². The Bertz CT molecular complexity index is 752. The van der Waals surface area contributed by atoms with E-state index in [1.54, 1.807) is 12.1 Å². The van der Waals surface area contributed by atoms with E-state index in [0.717, 1.165) is 30.8 Å². The zero-order chi connectivity index (χ0) is 19.6. The van der Waals surface area contributed by atoms with Gasteiger partial charge in [0.15, 0.2) is 0 Å². The van der Waals surface area contributed by atoms with Crippen LogP contribution in [-0.2, 0) is 17.9 Å². The Morgan fingerprint density at radius 1 is 0.926 bits per heavy atom. The van der Waals surface area contributed by atoms with Crippen molar-refractivity contribution >= 4 is 11.8 Å². The SMILES string of the molecule is CCN(CC)Cc1ccc(CNC(=O)CNC(=O)c2cccc(C)c2)cc1. The van der Waals surface area contributed by atoms with Crippen LogP contribution in [0.15, 0.2) is 48.5 Å².